The van der Waals surface area contributed by atoms with E-state index in [1.54, 1.807) is 4.90 Å². The molecule has 1 N–H and O–H groups in total. The van der Waals surface area contributed by atoms with Gasteiger partial charge in [0.2, 0.25) is 0 Å². The molecule has 3 aliphatic rings. The first-order valence-electron chi connectivity index (χ1n) is 10.9. The number of likely N-dealkylation sites (tertiary alicyclic amines) is 1. The Hall–Kier alpha value is -2.34. The Morgan fingerprint density at radius 1 is 1.24 bits per heavy atom. The van der Waals surface area contributed by atoms with Crippen LogP contribution in [0, 0.1) is 11.8 Å². The Labute approximate surface area is 172 Å². The second-order valence-electron chi connectivity index (χ2n) is 8.31. The average molecular weight is 400 g/mol. The third-order valence-corrected chi connectivity index (χ3v) is 6.21. The number of nitrogens with one attached hydrogen (secondary N) is 1. The van der Waals surface area contributed by atoms with Crippen LogP contribution in [0.1, 0.15) is 31.7 Å². The molecule has 2 heterocycles. The molecule has 1 amide bonds. The van der Waals surface area contributed by atoms with Gasteiger partial charge in [-0.15, -0.1) is 0 Å². The first-order valence-corrected chi connectivity index (χ1v) is 10.9. The maximum Gasteiger partial charge on any atom is 0.309 e. The van der Waals surface area contributed by atoms with Crippen LogP contribution >= 0.6 is 0 Å². The minimum Gasteiger partial charge on any atom is -0.488 e. The largest absolute Gasteiger partial charge is 0.488 e. The van der Waals surface area contributed by atoms with E-state index in [0.29, 0.717) is 25.3 Å². The van der Waals surface area contributed by atoms with Gasteiger partial charge in [0, 0.05) is 24.9 Å². The van der Waals surface area contributed by atoms with Gasteiger partial charge in [-0.3, -0.25) is 9.59 Å². The number of nitrogens with zero attached hydrogens (tertiary/aromatic N) is 1. The summed E-state index contributed by atoms with van der Waals surface area (Å²) in [6.45, 7) is 7.23. The van der Waals surface area contributed by atoms with Crippen molar-refractivity contribution in [3.8, 4) is 5.75 Å². The van der Waals surface area contributed by atoms with Gasteiger partial charge in [0.15, 0.2) is 0 Å². The van der Waals surface area contributed by atoms with Crippen LogP contribution in [0.4, 0.5) is 0 Å². The minimum atomic E-state index is -0.121. The zero-order valence-corrected chi connectivity index (χ0v) is 17.2. The second-order valence-corrected chi connectivity index (χ2v) is 8.31. The third-order valence-electron chi connectivity index (χ3n) is 6.21. The molecule has 6 nitrogen and oxygen atoms in total. The Kier molecular flexibility index (Phi) is 6.19. The van der Waals surface area contributed by atoms with Crippen LogP contribution in [-0.2, 0) is 14.3 Å². The standard InChI is InChI=1S/C23H30N2O4/c1-2-28-23(27)20-14-18(20)15-25(12-11-24-9-5-6-10-24)22(26)19-13-17-7-3-4-8-21(17)29-16-19/h3-4,7-8,13,18,20H,2,5-6,9-12,14-16H2,1H3/p+1/t18-,20-/m1/s1. The first kappa shape index (κ1) is 20.0. The molecule has 1 saturated heterocycles. The number of rotatable bonds is 8. The summed E-state index contributed by atoms with van der Waals surface area (Å²) in [7, 11) is 0. The number of quaternary nitrogens is 1. The number of hydrogen-bond donors (Lipinski definition) is 1. The van der Waals surface area contributed by atoms with Gasteiger partial charge in [-0.05, 0) is 31.4 Å². The summed E-state index contributed by atoms with van der Waals surface area (Å²) in [5, 5.41) is 0. The molecule has 0 bridgehead atoms. The molecule has 1 aliphatic carbocycles. The molecule has 1 aromatic rings. The van der Waals surface area contributed by atoms with Gasteiger partial charge in [-0.1, -0.05) is 18.2 Å². The van der Waals surface area contributed by atoms with Crippen LogP contribution in [0.15, 0.2) is 29.8 Å². The summed E-state index contributed by atoms with van der Waals surface area (Å²) in [4.78, 5) is 28.9. The van der Waals surface area contributed by atoms with Crippen molar-refractivity contribution in [1.29, 1.82) is 0 Å². The number of fused-ring (bicyclic) bond motifs is 1. The Morgan fingerprint density at radius 3 is 2.83 bits per heavy atom. The van der Waals surface area contributed by atoms with Crippen molar-refractivity contribution in [3.63, 3.8) is 0 Å². The predicted molar refractivity (Wildman–Crippen MR) is 110 cm³/mol. The van der Waals surface area contributed by atoms with Crippen LogP contribution < -0.4 is 9.64 Å². The number of amides is 1. The lowest BCUT2D eigenvalue weighted by Gasteiger charge is -2.27. The van der Waals surface area contributed by atoms with Crippen molar-refractivity contribution >= 4 is 18.0 Å². The Bertz CT molecular complexity index is 785. The molecule has 4 rings (SSSR count). The Balaban J connectivity index is 1.43. The number of esters is 1. The first-order chi connectivity index (χ1) is 14.2. The fraction of sp³-hybridized carbons (Fsp3) is 0.565. The average Bonchev–Trinajstić information content (AvgIpc) is 3.32. The highest BCUT2D eigenvalue weighted by atomic mass is 16.5. The number of para-hydroxylation sites is 1. The van der Waals surface area contributed by atoms with Crippen molar-refractivity contribution in [2.45, 2.75) is 26.2 Å². The molecule has 2 fully saturated rings. The summed E-state index contributed by atoms with van der Waals surface area (Å²) in [5.41, 5.74) is 1.64. The van der Waals surface area contributed by atoms with Crippen LogP contribution in [0.2, 0.25) is 0 Å². The second kappa shape index (κ2) is 8.99. The fourth-order valence-corrected chi connectivity index (χ4v) is 4.41. The number of ether oxygens (including phenoxy) is 2. The molecular weight excluding hydrogens is 368 g/mol. The highest BCUT2D eigenvalue weighted by Gasteiger charge is 2.45. The maximum atomic E-state index is 13.3. The molecule has 6 heteroatoms. The van der Waals surface area contributed by atoms with Crippen LogP contribution in [0.5, 0.6) is 5.75 Å². The molecule has 0 radical (unpaired) electrons. The van der Waals surface area contributed by atoms with Gasteiger partial charge in [-0.2, -0.15) is 0 Å². The van der Waals surface area contributed by atoms with E-state index in [9.17, 15) is 9.59 Å². The third kappa shape index (κ3) is 4.81. The van der Waals surface area contributed by atoms with Gasteiger partial charge in [-0.25, -0.2) is 0 Å². The number of carbonyl (C=O) groups is 2. The minimum absolute atomic E-state index is 0.0348. The molecule has 0 aromatic heterocycles. The van der Waals surface area contributed by atoms with Gasteiger partial charge in [0.1, 0.15) is 12.4 Å². The van der Waals surface area contributed by atoms with Crippen LogP contribution in [-0.4, -0.2) is 62.7 Å². The van der Waals surface area contributed by atoms with E-state index in [2.05, 4.69) is 0 Å². The lowest BCUT2D eigenvalue weighted by Crippen LogP contribution is -3.10. The van der Waals surface area contributed by atoms with E-state index in [-0.39, 0.29) is 23.7 Å². The summed E-state index contributed by atoms with van der Waals surface area (Å²) in [6.07, 6.45) is 5.31. The number of benzene rings is 1. The zero-order chi connectivity index (χ0) is 20.2. The summed E-state index contributed by atoms with van der Waals surface area (Å²) >= 11 is 0. The highest BCUT2D eigenvalue weighted by molar-refractivity contribution is 5.99. The van der Waals surface area contributed by atoms with E-state index in [0.717, 1.165) is 30.8 Å². The molecule has 2 atom stereocenters. The van der Waals surface area contributed by atoms with Crippen LogP contribution in [0.3, 0.4) is 0 Å². The molecule has 0 unspecified atom stereocenters. The summed E-state index contributed by atoms with van der Waals surface area (Å²) in [5.74, 6) is 0.893. The van der Waals surface area contributed by atoms with Gasteiger partial charge in [0.25, 0.3) is 5.91 Å². The van der Waals surface area contributed by atoms with Crippen molar-refractivity contribution in [2.75, 3.05) is 45.9 Å². The molecule has 1 aromatic carbocycles. The van der Waals surface area contributed by atoms with Crippen LogP contribution in [0.25, 0.3) is 6.08 Å². The molecule has 2 aliphatic heterocycles. The van der Waals surface area contributed by atoms with Crippen molar-refractivity contribution in [3.05, 3.63) is 35.4 Å². The maximum absolute atomic E-state index is 13.3. The van der Waals surface area contributed by atoms with Crippen molar-refractivity contribution < 1.29 is 24.0 Å². The van der Waals surface area contributed by atoms with E-state index in [1.165, 1.54) is 25.9 Å². The lowest BCUT2D eigenvalue weighted by molar-refractivity contribution is -0.886. The lowest BCUT2D eigenvalue weighted by atomic mass is 10.1. The summed E-state index contributed by atoms with van der Waals surface area (Å²) in [6, 6.07) is 7.79. The Morgan fingerprint density at radius 2 is 2.03 bits per heavy atom. The molecular formula is C23H31N2O4+. The highest BCUT2D eigenvalue weighted by Crippen LogP contribution is 2.40. The van der Waals surface area contributed by atoms with Crippen molar-refractivity contribution in [2.24, 2.45) is 11.8 Å². The molecule has 29 heavy (non-hydrogen) atoms. The van der Waals surface area contributed by atoms with E-state index >= 15 is 0 Å². The number of carbonyl (C=O) groups excluding carboxylic acids is 2. The van der Waals surface area contributed by atoms with E-state index in [4.69, 9.17) is 9.47 Å². The fourth-order valence-electron chi connectivity index (χ4n) is 4.41. The SMILES string of the molecule is CCOC(=O)[C@@H]1C[C@@H]1CN(CC[NH+]1CCCC1)C(=O)C1=Cc2ccccc2OC1. The molecule has 156 valence electrons. The molecule has 1 saturated carbocycles. The zero-order valence-electron chi connectivity index (χ0n) is 17.2. The summed E-state index contributed by atoms with van der Waals surface area (Å²) < 4.78 is 11.0. The monoisotopic (exact) mass is 399 g/mol. The predicted octanol–water partition coefficient (Wildman–Crippen LogP) is 1.17. The quantitative estimate of drug-likeness (QED) is 0.667. The topological polar surface area (TPSA) is 60.3 Å². The molecule has 0 spiro atoms. The van der Waals surface area contributed by atoms with Gasteiger partial charge < -0.3 is 19.3 Å². The smallest absolute Gasteiger partial charge is 0.309 e. The van der Waals surface area contributed by atoms with E-state index in [1.807, 2.05) is 42.2 Å². The van der Waals surface area contributed by atoms with E-state index < -0.39 is 0 Å². The van der Waals surface area contributed by atoms with Gasteiger partial charge in [0.05, 0.1) is 44.3 Å². The number of hydrogen-bond acceptors (Lipinski definition) is 4. The van der Waals surface area contributed by atoms with Gasteiger partial charge >= 0.3 is 5.97 Å². The van der Waals surface area contributed by atoms with Crippen molar-refractivity contribution in [1.82, 2.24) is 4.90 Å². The normalized spacial score (nSPS) is 23.0.